The van der Waals surface area contributed by atoms with Crippen LogP contribution in [0.2, 0.25) is 0 Å². The topological polar surface area (TPSA) is 197 Å². The molecule has 8 N–H and O–H groups in total. The second-order valence-electron chi connectivity index (χ2n) is 5.17. The Balaban J connectivity index is 2.79. The number of carbonyl (C=O) groups is 1. The van der Waals surface area contributed by atoms with Crippen LogP contribution in [0.3, 0.4) is 0 Å². The lowest BCUT2D eigenvalue weighted by molar-refractivity contribution is -0.315. The Labute approximate surface area is 130 Å². The van der Waals surface area contributed by atoms with E-state index in [1.165, 1.54) is 0 Å². The quantitative estimate of drug-likeness (QED) is 0.196. The van der Waals surface area contributed by atoms with Gasteiger partial charge in [0.05, 0.1) is 13.2 Å². The molecule has 1 fully saturated rings. The van der Waals surface area contributed by atoms with Gasteiger partial charge in [0.1, 0.15) is 48.8 Å². The third-order valence-corrected chi connectivity index (χ3v) is 3.54. The molecule has 0 spiro atoms. The zero-order chi connectivity index (χ0) is 17.7. The molecule has 0 saturated carbocycles. The molecule has 0 aliphatic carbocycles. The van der Waals surface area contributed by atoms with Crippen molar-refractivity contribution in [2.45, 2.75) is 55.1 Å². The van der Waals surface area contributed by atoms with Crippen molar-refractivity contribution in [2.24, 2.45) is 0 Å². The van der Waals surface area contributed by atoms with Crippen LogP contribution in [-0.4, -0.2) is 115 Å². The monoisotopic (exact) mass is 342 g/mol. The Morgan fingerprint density at radius 1 is 1.00 bits per heavy atom. The summed E-state index contributed by atoms with van der Waals surface area (Å²) in [5.74, 6) is 0. The molecule has 9 atom stereocenters. The van der Waals surface area contributed by atoms with Crippen molar-refractivity contribution in [3.63, 3.8) is 0 Å². The number of ether oxygens (including phenoxy) is 2. The van der Waals surface area contributed by atoms with Crippen molar-refractivity contribution in [1.29, 1.82) is 0 Å². The zero-order valence-corrected chi connectivity index (χ0v) is 12.0. The molecule has 1 heterocycles. The Hall–Kier alpha value is -0.730. The van der Waals surface area contributed by atoms with E-state index in [0.29, 0.717) is 0 Å². The molecule has 0 amide bonds. The number of rotatable bonds is 8. The summed E-state index contributed by atoms with van der Waals surface area (Å²) in [6.45, 7) is -1.60. The van der Waals surface area contributed by atoms with Gasteiger partial charge in [-0.2, -0.15) is 0 Å². The van der Waals surface area contributed by atoms with E-state index >= 15 is 0 Å². The van der Waals surface area contributed by atoms with Gasteiger partial charge in [0.25, 0.3) is 0 Å². The maximum absolute atomic E-state index is 11.0. The third kappa shape index (κ3) is 4.64. The summed E-state index contributed by atoms with van der Waals surface area (Å²) < 4.78 is 9.94. The smallest absolute Gasteiger partial charge is 0.187 e. The molecule has 1 rings (SSSR count). The van der Waals surface area contributed by atoms with E-state index in [4.69, 9.17) is 19.7 Å². The molecule has 1 aliphatic rings. The molecule has 1 aliphatic heterocycles. The summed E-state index contributed by atoms with van der Waals surface area (Å²) in [6.07, 6.45) is -15.5. The standard InChI is InChI=1S/C12H22O11/c13-1-4(16)7(17)8(18)5(2-14)22-12-11(21)10(20)9(19)6(3-15)23-12/h2,4-13,15-21H,1,3H2/t4-,5+,6-,7+,8-,9+,10+,11-,12?/m1/s1. The van der Waals surface area contributed by atoms with Gasteiger partial charge in [-0.3, -0.25) is 0 Å². The van der Waals surface area contributed by atoms with E-state index in [2.05, 4.69) is 0 Å². The molecule has 0 bridgehead atoms. The first-order chi connectivity index (χ1) is 10.8. The molecule has 0 aromatic carbocycles. The molecule has 0 aromatic rings. The highest BCUT2D eigenvalue weighted by Crippen LogP contribution is 2.23. The van der Waals surface area contributed by atoms with E-state index in [-0.39, 0.29) is 6.29 Å². The van der Waals surface area contributed by atoms with Crippen molar-refractivity contribution in [3.8, 4) is 0 Å². The lowest BCUT2D eigenvalue weighted by atomic mass is 9.99. The van der Waals surface area contributed by atoms with E-state index in [1.54, 1.807) is 0 Å². The number of hydrogen-bond acceptors (Lipinski definition) is 11. The SMILES string of the molecule is O=C[C@H](OC1O[C@H](CO)[C@H](O)[C@H](O)[C@H]1O)[C@@H](O)[C@@H](O)[C@H](O)CO. The molecule has 0 aromatic heterocycles. The van der Waals surface area contributed by atoms with Gasteiger partial charge in [-0.05, 0) is 0 Å². The van der Waals surface area contributed by atoms with Crippen molar-refractivity contribution in [1.82, 2.24) is 0 Å². The normalized spacial score (nSPS) is 37.0. The van der Waals surface area contributed by atoms with Crippen LogP contribution >= 0.6 is 0 Å². The average molecular weight is 342 g/mol. The molecule has 136 valence electrons. The lowest BCUT2D eigenvalue weighted by Gasteiger charge is -2.41. The Kier molecular flexibility index (Phi) is 7.89. The van der Waals surface area contributed by atoms with Gasteiger partial charge in [0.15, 0.2) is 12.6 Å². The van der Waals surface area contributed by atoms with Crippen LogP contribution in [0.15, 0.2) is 0 Å². The summed E-state index contributed by atoms with van der Waals surface area (Å²) in [5, 5.41) is 75.2. The van der Waals surface area contributed by atoms with Crippen LogP contribution in [0, 0.1) is 0 Å². The Bertz CT molecular complexity index is 365. The predicted molar refractivity (Wildman–Crippen MR) is 69.8 cm³/mol. The second kappa shape index (κ2) is 8.94. The number of aliphatic hydroxyl groups excluding tert-OH is 8. The second-order valence-corrected chi connectivity index (χ2v) is 5.17. The van der Waals surface area contributed by atoms with Gasteiger partial charge in [0.2, 0.25) is 0 Å². The number of aliphatic hydroxyl groups is 8. The first kappa shape index (κ1) is 20.3. The molecular weight excluding hydrogens is 320 g/mol. The van der Waals surface area contributed by atoms with Crippen molar-refractivity contribution >= 4 is 6.29 Å². The van der Waals surface area contributed by atoms with Crippen molar-refractivity contribution in [3.05, 3.63) is 0 Å². The largest absolute Gasteiger partial charge is 0.394 e. The first-order valence-electron chi connectivity index (χ1n) is 6.84. The molecule has 0 radical (unpaired) electrons. The molecule has 11 nitrogen and oxygen atoms in total. The molecule has 1 saturated heterocycles. The van der Waals surface area contributed by atoms with E-state index in [9.17, 15) is 35.4 Å². The highest BCUT2D eigenvalue weighted by molar-refractivity contribution is 5.57. The fraction of sp³-hybridized carbons (Fsp3) is 0.917. The summed E-state index contributed by atoms with van der Waals surface area (Å²) in [7, 11) is 0. The summed E-state index contributed by atoms with van der Waals surface area (Å²) >= 11 is 0. The third-order valence-electron chi connectivity index (χ3n) is 3.54. The minimum absolute atomic E-state index is 0.0550. The highest BCUT2D eigenvalue weighted by atomic mass is 16.7. The number of aldehydes is 1. The Morgan fingerprint density at radius 2 is 1.61 bits per heavy atom. The molecule has 11 heteroatoms. The maximum atomic E-state index is 11.0. The minimum atomic E-state index is -1.97. The van der Waals surface area contributed by atoms with Gasteiger partial charge >= 0.3 is 0 Å². The van der Waals surface area contributed by atoms with Crippen LogP contribution in [0.5, 0.6) is 0 Å². The number of carbonyl (C=O) groups excluding carboxylic acids is 1. The van der Waals surface area contributed by atoms with Gasteiger partial charge in [-0.15, -0.1) is 0 Å². The molecule has 1 unspecified atom stereocenters. The zero-order valence-electron chi connectivity index (χ0n) is 12.0. The van der Waals surface area contributed by atoms with Gasteiger partial charge in [-0.25, -0.2) is 0 Å². The van der Waals surface area contributed by atoms with Crippen molar-refractivity contribution < 1.29 is 55.1 Å². The van der Waals surface area contributed by atoms with Crippen LogP contribution < -0.4 is 0 Å². The molecular formula is C12H22O11. The van der Waals surface area contributed by atoms with E-state index < -0.39 is 68.3 Å². The number of hydrogen-bond donors (Lipinski definition) is 8. The Morgan fingerprint density at radius 3 is 2.09 bits per heavy atom. The minimum Gasteiger partial charge on any atom is -0.394 e. The average Bonchev–Trinajstić information content (AvgIpc) is 2.57. The fourth-order valence-corrected chi connectivity index (χ4v) is 2.06. The van der Waals surface area contributed by atoms with Gasteiger partial charge in [-0.1, -0.05) is 0 Å². The van der Waals surface area contributed by atoms with Gasteiger partial charge < -0.3 is 55.1 Å². The summed E-state index contributed by atoms with van der Waals surface area (Å²) in [6, 6.07) is 0. The maximum Gasteiger partial charge on any atom is 0.187 e. The van der Waals surface area contributed by atoms with Crippen molar-refractivity contribution in [2.75, 3.05) is 13.2 Å². The predicted octanol–water partition coefficient (Wildman–Crippen LogP) is -5.55. The highest BCUT2D eigenvalue weighted by Gasteiger charge is 2.46. The fourth-order valence-electron chi connectivity index (χ4n) is 2.06. The summed E-state index contributed by atoms with van der Waals surface area (Å²) in [4.78, 5) is 11.0. The van der Waals surface area contributed by atoms with Crippen LogP contribution in [0.1, 0.15) is 0 Å². The van der Waals surface area contributed by atoms with Crippen LogP contribution in [-0.2, 0) is 14.3 Å². The van der Waals surface area contributed by atoms with Gasteiger partial charge in [0, 0.05) is 0 Å². The van der Waals surface area contributed by atoms with Crippen LogP contribution in [0.4, 0.5) is 0 Å². The first-order valence-corrected chi connectivity index (χ1v) is 6.84. The van der Waals surface area contributed by atoms with E-state index in [0.717, 1.165) is 0 Å². The summed E-state index contributed by atoms with van der Waals surface area (Å²) in [5.41, 5.74) is 0. The lowest BCUT2D eigenvalue weighted by Crippen LogP contribution is -2.60. The molecule has 23 heavy (non-hydrogen) atoms. The van der Waals surface area contributed by atoms with E-state index in [1.807, 2.05) is 0 Å². The van der Waals surface area contributed by atoms with Crippen LogP contribution in [0.25, 0.3) is 0 Å².